The van der Waals surface area contributed by atoms with Crippen LogP contribution in [0.2, 0.25) is 0 Å². The second kappa shape index (κ2) is 6.42. The Bertz CT molecular complexity index is 819. The fraction of sp³-hybridized carbons (Fsp3) is 0.529. The van der Waals surface area contributed by atoms with Crippen LogP contribution in [0.25, 0.3) is 0 Å². The van der Waals surface area contributed by atoms with Gasteiger partial charge in [0.2, 0.25) is 0 Å². The van der Waals surface area contributed by atoms with E-state index in [1.165, 1.54) is 18.2 Å². The number of hydrogen-bond acceptors (Lipinski definition) is 5. The number of nitrogens with zero attached hydrogens (tertiary/aromatic N) is 2. The van der Waals surface area contributed by atoms with Crippen molar-refractivity contribution >= 4 is 21.8 Å². The minimum atomic E-state index is -3.87. The number of likely N-dealkylation sites (tertiary alicyclic amines) is 1. The molecule has 3 rings (SSSR count). The first-order valence-corrected chi connectivity index (χ1v) is 10.0. The van der Waals surface area contributed by atoms with Gasteiger partial charge < -0.3 is 10.6 Å². The lowest BCUT2D eigenvalue weighted by Crippen LogP contribution is -2.51. The molecule has 136 valence electrons. The molecule has 1 fully saturated rings. The third-order valence-electron chi connectivity index (χ3n) is 4.96. The van der Waals surface area contributed by atoms with E-state index >= 15 is 0 Å². The minimum Gasteiger partial charge on any atom is -0.334 e. The first kappa shape index (κ1) is 17.9. The fourth-order valence-corrected chi connectivity index (χ4v) is 5.25. The molecule has 1 saturated heterocycles. The van der Waals surface area contributed by atoms with E-state index in [1.807, 2.05) is 6.92 Å². The number of piperidine rings is 1. The zero-order valence-corrected chi connectivity index (χ0v) is 15.3. The van der Waals surface area contributed by atoms with Crippen LogP contribution in [-0.4, -0.2) is 54.6 Å². The SMILES string of the molecule is CCN1C(=O)c2ccc(C(=O)N3CCCCC3C(C)N)cc2S1(=O)=O. The Morgan fingerprint density at radius 3 is 2.72 bits per heavy atom. The largest absolute Gasteiger partial charge is 0.334 e. The number of nitrogens with two attached hydrogens (primary N) is 1. The van der Waals surface area contributed by atoms with Gasteiger partial charge in [-0.05, 0) is 51.3 Å². The minimum absolute atomic E-state index is 0.0557. The van der Waals surface area contributed by atoms with Crippen molar-refractivity contribution in [2.24, 2.45) is 5.73 Å². The Balaban J connectivity index is 1.98. The van der Waals surface area contributed by atoms with Gasteiger partial charge in [-0.15, -0.1) is 0 Å². The van der Waals surface area contributed by atoms with Crippen LogP contribution in [0.15, 0.2) is 23.1 Å². The molecule has 2 aliphatic rings. The molecule has 2 N–H and O–H groups in total. The molecule has 0 bridgehead atoms. The van der Waals surface area contributed by atoms with Gasteiger partial charge in [0, 0.05) is 30.7 Å². The van der Waals surface area contributed by atoms with E-state index < -0.39 is 15.9 Å². The van der Waals surface area contributed by atoms with Crippen LogP contribution in [0.3, 0.4) is 0 Å². The van der Waals surface area contributed by atoms with Crippen LogP contribution < -0.4 is 5.73 Å². The summed E-state index contributed by atoms with van der Waals surface area (Å²) in [5.41, 5.74) is 6.42. The summed E-state index contributed by atoms with van der Waals surface area (Å²) in [7, 11) is -3.87. The van der Waals surface area contributed by atoms with Crippen LogP contribution in [0.1, 0.15) is 53.8 Å². The maximum atomic E-state index is 12.9. The molecule has 0 aromatic heterocycles. The van der Waals surface area contributed by atoms with Crippen molar-refractivity contribution in [1.29, 1.82) is 0 Å². The first-order chi connectivity index (χ1) is 11.8. The van der Waals surface area contributed by atoms with Gasteiger partial charge in [0.25, 0.3) is 21.8 Å². The lowest BCUT2D eigenvalue weighted by atomic mass is 9.96. The first-order valence-electron chi connectivity index (χ1n) is 8.56. The van der Waals surface area contributed by atoms with Gasteiger partial charge in [-0.1, -0.05) is 0 Å². The quantitative estimate of drug-likeness (QED) is 0.867. The van der Waals surface area contributed by atoms with Crippen molar-refractivity contribution < 1.29 is 18.0 Å². The fourth-order valence-electron chi connectivity index (χ4n) is 3.64. The van der Waals surface area contributed by atoms with E-state index in [-0.39, 0.29) is 40.6 Å². The number of carbonyl (C=O) groups is 2. The topological polar surface area (TPSA) is 101 Å². The van der Waals surface area contributed by atoms with E-state index in [0.717, 1.165) is 23.6 Å². The number of carbonyl (C=O) groups excluding carboxylic acids is 2. The van der Waals surface area contributed by atoms with Crippen molar-refractivity contribution in [1.82, 2.24) is 9.21 Å². The van der Waals surface area contributed by atoms with Crippen LogP contribution in [-0.2, 0) is 10.0 Å². The number of fused-ring (bicyclic) bond motifs is 1. The normalized spacial score (nSPS) is 23.5. The molecule has 2 atom stereocenters. The number of benzene rings is 1. The third kappa shape index (κ3) is 2.83. The number of amides is 2. The highest BCUT2D eigenvalue weighted by molar-refractivity contribution is 7.90. The van der Waals surface area contributed by atoms with Gasteiger partial charge >= 0.3 is 0 Å². The molecule has 0 radical (unpaired) electrons. The summed E-state index contributed by atoms with van der Waals surface area (Å²) in [6.07, 6.45) is 2.77. The van der Waals surface area contributed by atoms with E-state index in [9.17, 15) is 18.0 Å². The Hall–Kier alpha value is -1.93. The Labute approximate surface area is 147 Å². The molecule has 1 aromatic rings. The van der Waals surface area contributed by atoms with Crippen molar-refractivity contribution in [3.8, 4) is 0 Å². The van der Waals surface area contributed by atoms with Crippen LogP contribution in [0, 0.1) is 0 Å². The van der Waals surface area contributed by atoms with Crippen LogP contribution >= 0.6 is 0 Å². The summed E-state index contributed by atoms with van der Waals surface area (Å²) in [5.74, 6) is -0.773. The lowest BCUT2D eigenvalue weighted by Gasteiger charge is -2.38. The molecule has 0 aliphatic carbocycles. The molecule has 2 amide bonds. The number of sulfonamides is 1. The molecule has 1 aromatic carbocycles. The molecule has 7 nitrogen and oxygen atoms in total. The predicted octanol–water partition coefficient (Wildman–Crippen LogP) is 1.19. The number of hydrogen-bond donors (Lipinski definition) is 1. The zero-order valence-electron chi connectivity index (χ0n) is 14.4. The molecule has 2 aliphatic heterocycles. The predicted molar refractivity (Wildman–Crippen MR) is 92.7 cm³/mol. The molecule has 2 unspecified atom stereocenters. The molecule has 0 spiro atoms. The van der Waals surface area contributed by atoms with E-state index in [4.69, 9.17) is 5.73 Å². The van der Waals surface area contributed by atoms with Crippen molar-refractivity contribution in [3.05, 3.63) is 29.3 Å². The molecule has 8 heteroatoms. The molecular formula is C17H23N3O4S. The third-order valence-corrected chi connectivity index (χ3v) is 6.86. The second-order valence-electron chi connectivity index (χ2n) is 6.61. The second-order valence-corrected chi connectivity index (χ2v) is 8.44. The molecule has 25 heavy (non-hydrogen) atoms. The summed E-state index contributed by atoms with van der Waals surface area (Å²) in [6.45, 7) is 4.16. The van der Waals surface area contributed by atoms with E-state index in [1.54, 1.807) is 11.8 Å². The van der Waals surface area contributed by atoms with Crippen LogP contribution in [0.4, 0.5) is 0 Å². The van der Waals surface area contributed by atoms with Gasteiger partial charge in [-0.25, -0.2) is 12.7 Å². The smallest absolute Gasteiger partial charge is 0.268 e. The summed E-state index contributed by atoms with van der Waals surface area (Å²) in [6, 6.07) is 4.08. The average Bonchev–Trinajstić information content (AvgIpc) is 2.79. The van der Waals surface area contributed by atoms with E-state index in [2.05, 4.69) is 0 Å². The zero-order chi connectivity index (χ0) is 18.4. The van der Waals surface area contributed by atoms with Gasteiger partial charge in [0.15, 0.2) is 0 Å². The van der Waals surface area contributed by atoms with Gasteiger partial charge in [0.05, 0.1) is 5.56 Å². The number of rotatable bonds is 3. The van der Waals surface area contributed by atoms with Gasteiger partial charge in [-0.3, -0.25) is 9.59 Å². The lowest BCUT2D eigenvalue weighted by molar-refractivity contribution is 0.0583. The highest BCUT2D eigenvalue weighted by atomic mass is 32.2. The molecular weight excluding hydrogens is 342 g/mol. The van der Waals surface area contributed by atoms with Gasteiger partial charge in [-0.2, -0.15) is 0 Å². The average molecular weight is 365 g/mol. The maximum Gasteiger partial charge on any atom is 0.268 e. The molecule has 2 heterocycles. The van der Waals surface area contributed by atoms with Crippen LogP contribution in [0.5, 0.6) is 0 Å². The van der Waals surface area contributed by atoms with Crippen molar-refractivity contribution in [3.63, 3.8) is 0 Å². The summed E-state index contributed by atoms with van der Waals surface area (Å²) in [4.78, 5) is 26.8. The Morgan fingerprint density at radius 2 is 2.08 bits per heavy atom. The Morgan fingerprint density at radius 1 is 1.36 bits per heavy atom. The van der Waals surface area contributed by atoms with E-state index in [0.29, 0.717) is 6.54 Å². The summed E-state index contributed by atoms with van der Waals surface area (Å²) in [5, 5.41) is 0. The summed E-state index contributed by atoms with van der Waals surface area (Å²) >= 11 is 0. The monoisotopic (exact) mass is 365 g/mol. The van der Waals surface area contributed by atoms with Crippen molar-refractivity contribution in [2.75, 3.05) is 13.1 Å². The standard InChI is InChI=1S/C17H23N3O4S/c1-3-20-17(22)13-8-7-12(10-15(13)25(20,23)24)16(21)19-9-5-4-6-14(19)11(2)18/h7-8,10-11,14H,3-6,9,18H2,1-2H3. The molecule has 0 saturated carbocycles. The highest BCUT2D eigenvalue weighted by Gasteiger charge is 2.41. The van der Waals surface area contributed by atoms with Gasteiger partial charge in [0.1, 0.15) is 4.90 Å². The summed E-state index contributed by atoms with van der Waals surface area (Å²) < 4.78 is 25.9. The Kier molecular flexibility index (Phi) is 4.59. The highest BCUT2D eigenvalue weighted by Crippen LogP contribution is 2.31. The maximum absolute atomic E-state index is 12.9. The van der Waals surface area contributed by atoms with Crippen molar-refractivity contribution in [2.45, 2.75) is 50.1 Å².